The summed E-state index contributed by atoms with van der Waals surface area (Å²) in [7, 11) is 0. The molecule has 2 fully saturated rings. The molecule has 0 radical (unpaired) electrons. The van der Waals surface area contributed by atoms with E-state index in [1.807, 2.05) is 17.0 Å². The lowest BCUT2D eigenvalue weighted by Gasteiger charge is -2.21. The molecule has 0 unspecified atom stereocenters. The van der Waals surface area contributed by atoms with Crippen molar-refractivity contribution in [3.63, 3.8) is 0 Å². The molecule has 8 heteroatoms. The molecule has 2 N–H and O–H groups in total. The van der Waals surface area contributed by atoms with Crippen LogP contribution in [-0.4, -0.2) is 62.8 Å². The number of benzene rings is 1. The Labute approximate surface area is 209 Å². The number of amides is 1. The fraction of sp³-hybridized carbons (Fsp3) is 0.667. The maximum atomic E-state index is 12.0. The maximum Gasteiger partial charge on any atom is 0.222 e. The minimum atomic E-state index is 0. The van der Waals surface area contributed by atoms with Gasteiger partial charge in [0, 0.05) is 59.0 Å². The normalized spacial score (nSPS) is 17.3. The number of aliphatic imine (C=N–C) groups is 1. The van der Waals surface area contributed by atoms with Crippen LogP contribution >= 0.6 is 24.0 Å². The van der Waals surface area contributed by atoms with E-state index in [2.05, 4.69) is 29.7 Å². The minimum Gasteiger partial charge on any atom is -0.381 e. The van der Waals surface area contributed by atoms with Crippen LogP contribution in [0, 0.1) is 5.92 Å². The summed E-state index contributed by atoms with van der Waals surface area (Å²) in [6, 6.07) is 8.28. The highest BCUT2D eigenvalue weighted by molar-refractivity contribution is 14.0. The van der Waals surface area contributed by atoms with Gasteiger partial charge in [-0.1, -0.05) is 24.3 Å². The summed E-state index contributed by atoms with van der Waals surface area (Å²) < 4.78 is 11.2. The topological polar surface area (TPSA) is 75.2 Å². The summed E-state index contributed by atoms with van der Waals surface area (Å²) in [5.41, 5.74) is 2.35. The van der Waals surface area contributed by atoms with Gasteiger partial charge in [-0.15, -0.1) is 24.0 Å². The highest BCUT2D eigenvalue weighted by Crippen LogP contribution is 2.18. The Morgan fingerprint density at radius 3 is 2.72 bits per heavy atom. The molecule has 2 aliphatic heterocycles. The zero-order valence-corrected chi connectivity index (χ0v) is 21.6. The molecule has 0 atom stereocenters. The molecule has 0 bridgehead atoms. The molecule has 0 saturated carbocycles. The van der Waals surface area contributed by atoms with Gasteiger partial charge in [0.05, 0.1) is 6.54 Å². The number of carbonyl (C=O) groups is 1. The van der Waals surface area contributed by atoms with E-state index in [0.29, 0.717) is 25.4 Å². The summed E-state index contributed by atoms with van der Waals surface area (Å²) in [5.74, 6) is 1.72. The Morgan fingerprint density at radius 2 is 2.00 bits per heavy atom. The number of halogens is 1. The van der Waals surface area contributed by atoms with Gasteiger partial charge in [0.1, 0.15) is 0 Å². The van der Waals surface area contributed by atoms with E-state index in [4.69, 9.17) is 14.5 Å². The third kappa shape index (κ3) is 9.23. The van der Waals surface area contributed by atoms with Crippen LogP contribution in [0.25, 0.3) is 0 Å². The lowest BCUT2D eigenvalue weighted by molar-refractivity contribution is -0.128. The number of ether oxygens (including phenoxy) is 2. The summed E-state index contributed by atoms with van der Waals surface area (Å²) in [6.45, 7) is 9.18. The monoisotopic (exact) mass is 558 g/mol. The Bertz CT molecular complexity index is 710. The molecule has 1 aromatic carbocycles. The second-order valence-corrected chi connectivity index (χ2v) is 8.29. The average molecular weight is 559 g/mol. The van der Waals surface area contributed by atoms with E-state index in [-0.39, 0.29) is 29.9 Å². The molecule has 0 spiro atoms. The quantitative estimate of drug-likeness (QED) is 0.189. The molecule has 1 amide bonds. The van der Waals surface area contributed by atoms with Crippen LogP contribution in [0.3, 0.4) is 0 Å². The highest BCUT2D eigenvalue weighted by atomic mass is 127. The van der Waals surface area contributed by atoms with E-state index in [1.165, 1.54) is 11.1 Å². The van der Waals surface area contributed by atoms with Gasteiger partial charge in [0.25, 0.3) is 0 Å². The van der Waals surface area contributed by atoms with Crippen LogP contribution in [0.2, 0.25) is 0 Å². The molecule has 0 aliphatic carbocycles. The van der Waals surface area contributed by atoms with Crippen molar-refractivity contribution in [2.75, 3.05) is 46.1 Å². The van der Waals surface area contributed by atoms with Gasteiger partial charge in [0.15, 0.2) is 5.96 Å². The summed E-state index contributed by atoms with van der Waals surface area (Å²) in [6.07, 6.45) is 4.81. The maximum absolute atomic E-state index is 12.0. The van der Waals surface area contributed by atoms with Crippen molar-refractivity contribution in [1.82, 2.24) is 15.5 Å². The second kappa shape index (κ2) is 15.4. The Kier molecular flexibility index (Phi) is 13.0. The SMILES string of the molecule is CCNC(=NCc1ccccc1CN1CCCC1=O)NCCCOCC1CCOCC1.I. The van der Waals surface area contributed by atoms with Crippen LogP contribution in [0.1, 0.15) is 50.2 Å². The number of nitrogens with zero attached hydrogens (tertiary/aromatic N) is 2. The first-order valence-electron chi connectivity index (χ1n) is 11.8. The average Bonchev–Trinajstić information content (AvgIpc) is 3.20. The van der Waals surface area contributed by atoms with Crippen LogP contribution in [0.15, 0.2) is 29.3 Å². The largest absolute Gasteiger partial charge is 0.381 e. The van der Waals surface area contributed by atoms with Crippen molar-refractivity contribution < 1.29 is 14.3 Å². The summed E-state index contributed by atoms with van der Waals surface area (Å²) in [5, 5.41) is 6.72. The molecule has 2 aliphatic rings. The predicted octanol–water partition coefficient (Wildman–Crippen LogP) is 3.32. The number of carbonyl (C=O) groups excluding carboxylic acids is 1. The van der Waals surface area contributed by atoms with Gasteiger partial charge in [-0.25, -0.2) is 4.99 Å². The molecular weight excluding hydrogens is 519 g/mol. The first kappa shape index (κ1) is 26.9. The number of guanidine groups is 1. The zero-order valence-electron chi connectivity index (χ0n) is 19.3. The van der Waals surface area contributed by atoms with Crippen molar-refractivity contribution in [3.8, 4) is 0 Å². The lowest BCUT2D eigenvalue weighted by atomic mass is 10.0. The van der Waals surface area contributed by atoms with Gasteiger partial charge >= 0.3 is 0 Å². The van der Waals surface area contributed by atoms with Gasteiger partial charge in [-0.2, -0.15) is 0 Å². The fourth-order valence-corrected chi connectivity index (χ4v) is 3.99. The van der Waals surface area contributed by atoms with Crippen molar-refractivity contribution in [1.29, 1.82) is 0 Å². The van der Waals surface area contributed by atoms with Gasteiger partial charge in [0.2, 0.25) is 5.91 Å². The second-order valence-electron chi connectivity index (χ2n) is 8.29. The van der Waals surface area contributed by atoms with Crippen molar-refractivity contribution in [2.45, 2.75) is 52.1 Å². The van der Waals surface area contributed by atoms with Crippen molar-refractivity contribution in [3.05, 3.63) is 35.4 Å². The van der Waals surface area contributed by atoms with Crippen LogP contribution in [0.5, 0.6) is 0 Å². The van der Waals surface area contributed by atoms with Crippen molar-refractivity contribution >= 4 is 35.8 Å². The molecule has 7 nitrogen and oxygen atoms in total. The lowest BCUT2D eigenvalue weighted by Crippen LogP contribution is -2.38. The third-order valence-electron chi connectivity index (χ3n) is 5.86. The third-order valence-corrected chi connectivity index (χ3v) is 5.86. The molecule has 180 valence electrons. The molecule has 3 rings (SSSR count). The minimum absolute atomic E-state index is 0. The molecule has 2 heterocycles. The van der Waals surface area contributed by atoms with Crippen LogP contribution in [0.4, 0.5) is 0 Å². The molecule has 1 aromatic rings. The van der Waals surface area contributed by atoms with Gasteiger partial charge < -0.3 is 25.0 Å². The molecule has 2 saturated heterocycles. The number of rotatable bonds is 11. The number of likely N-dealkylation sites (tertiary alicyclic amines) is 1. The first-order chi connectivity index (χ1) is 15.3. The Morgan fingerprint density at radius 1 is 1.22 bits per heavy atom. The van der Waals surface area contributed by atoms with Crippen LogP contribution < -0.4 is 10.6 Å². The first-order valence-corrected chi connectivity index (χ1v) is 11.8. The molecule has 32 heavy (non-hydrogen) atoms. The van der Waals surface area contributed by atoms with E-state index in [9.17, 15) is 4.79 Å². The standard InChI is InChI=1S/C24H38N4O3.HI/c1-2-25-24(26-12-6-14-31-19-20-10-15-30-16-11-20)27-17-21-7-3-4-8-22(21)18-28-13-5-9-23(28)29;/h3-4,7-8,20H,2,5-6,9-19H2,1H3,(H2,25,26,27);1H. The Balaban J connectivity index is 0.00000363. The smallest absolute Gasteiger partial charge is 0.222 e. The fourth-order valence-electron chi connectivity index (χ4n) is 3.99. The molecule has 0 aromatic heterocycles. The number of hydrogen-bond acceptors (Lipinski definition) is 4. The van der Waals surface area contributed by atoms with E-state index in [0.717, 1.165) is 77.7 Å². The molecular formula is C24H39IN4O3. The summed E-state index contributed by atoms with van der Waals surface area (Å²) in [4.78, 5) is 18.7. The van der Waals surface area contributed by atoms with Gasteiger partial charge in [-0.05, 0) is 49.7 Å². The highest BCUT2D eigenvalue weighted by Gasteiger charge is 2.20. The summed E-state index contributed by atoms with van der Waals surface area (Å²) >= 11 is 0. The van der Waals surface area contributed by atoms with E-state index < -0.39 is 0 Å². The zero-order chi connectivity index (χ0) is 21.7. The predicted molar refractivity (Wildman–Crippen MR) is 138 cm³/mol. The Hall–Kier alpha value is -1.39. The van der Waals surface area contributed by atoms with Gasteiger partial charge in [-0.3, -0.25) is 4.79 Å². The van der Waals surface area contributed by atoms with E-state index in [1.54, 1.807) is 0 Å². The van der Waals surface area contributed by atoms with Crippen LogP contribution in [-0.2, 0) is 27.4 Å². The number of hydrogen-bond donors (Lipinski definition) is 2. The van der Waals surface area contributed by atoms with Crippen molar-refractivity contribution in [2.24, 2.45) is 10.9 Å². The number of nitrogens with one attached hydrogen (secondary N) is 2. The van der Waals surface area contributed by atoms with E-state index >= 15 is 0 Å².